The lowest BCUT2D eigenvalue weighted by molar-refractivity contribution is 0.131. The average molecular weight is 475 g/mol. The Labute approximate surface area is 206 Å². The maximum atomic E-state index is 6.18. The van der Waals surface area contributed by atoms with E-state index in [1.165, 1.54) is 5.69 Å². The first kappa shape index (κ1) is 22.9. The molecule has 0 unspecified atom stereocenters. The summed E-state index contributed by atoms with van der Waals surface area (Å²) < 4.78 is 7.99. The number of fused-ring (bicyclic) bond motifs is 1. The minimum Gasteiger partial charge on any atom is -0.494 e. The maximum Gasteiger partial charge on any atom is 0.137 e. The molecule has 6 heteroatoms. The summed E-state index contributed by atoms with van der Waals surface area (Å²) in [5, 5.41) is 0.737. The summed E-state index contributed by atoms with van der Waals surface area (Å²) in [5.41, 5.74) is 6.56. The van der Waals surface area contributed by atoms with Gasteiger partial charge in [-0.2, -0.15) is 0 Å². The van der Waals surface area contributed by atoms with Gasteiger partial charge < -0.3 is 14.0 Å². The molecule has 0 saturated carbocycles. The Morgan fingerprint density at radius 2 is 1.59 bits per heavy atom. The fourth-order valence-corrected chi connectivity index (χ4v) is 4.79. The van der Waals surface area contributed by atoms with Crippen LogP contribution in [0.1, 0.15) is 19.5 Å². The highest BCUT2D eigenvalue weighted by atomic mass is 35.5. The Kier molecular flexibility index (Phi) is 6.86. The molecule has 0 N–H and O–H groups in total. The predicted molar refractivity (Wildman–Crippen MR) is 140 cm³/mol. The minimum atomic E-state index is 0.657. The van der Waals surface area contributed by atoms with Crippen LogP contribution in [0.15, 0.2) is 66.9 Å². The number of imidazole rings is 1. The van der Waals surface area contributed by atoms with Gasteiger partial charge in [-0.1, -0.05) is 42.8 Å². The molecule has 5 rings (SSSR count). The summed E-state index contributed by atoms with van der Waals surface area (Å²) in [5.74, 6) is 0.890. The van der Waals surface area contributed by atoms with Crippen molar-refractivity contribution in [1.82, 2.24) is 19.2 Å². The lowest BCUT2D eigenvalue weighted by Gasteiger charge is -2.34. The van der Waals surface area contributed by atoms with Gasteiger partial charge in [0.05, 0.1) is 18.0 Å². The van der Waals surface area contributed by atoms with Gasteiger partial charge in [0.25, 0.3) is 0 Å². The summed E-state index contributed by atoms with van der Waals surface area (Å²) in [7, 11) is 0. The van der Waals surface area contributed by atoms with E-state index in [2.05, 4.69) is 63.7 Å². The molecule has 4 aromatic rings. The predicted octanol–water partition coefficient (Wildman–Crippen LogP) is 5.86. The number of hydrogen-bond acceptors (Lipinski definition) is 4. The van der Waals surface area contributed by atoms with Crippen LogP contribution < -0.4 is 4.74 Å². The Hall–Kier alpha value is -2.86. The highest BCUT2D eigenvalue weighted by molar-refractivity contribution is 6.30. The standard InChI is InChI=1S/C28H31ClN4O/c1-3-31-14-16-32(17-15-31)20-26-28(21-8-11-24(29)12-9-21)30-27-13-10-23(19-33(26)27)22-6-5-7-25(18-22)34-4-2/h5-13,18-19H,3-4,14-17,20H2,1-2H3. The molecule has 0 amide bonds. The number of benzene rings is 2. The molecule has 1 aliphatic rings. The quantitative estimate of drug-likeness (QED) is 0.336. The van der Waals surface area contributed by atoms with Crippen LogP contribution in [0.2, 0.25) is 5.02 Å². The van der Waals surface area contributed by atoms with E-state index < -0.39 is 0 Å². The SMILES string of the molecule is CCOc1cccc(-c2ccc3nc(-c4ccc(Cl)cc4)c(CN4CCN(CC)CC4)n3c2)c1. The van der Waals surface area contributed by atoms with Gasteiger partial charge in [-0.25, -0.2) is 4.98 Å². The van der Waals surface area contributed by atoms with Crippen molar-refractivity contribution in [3.05, 3.63) is 77.6 Å². The molecule has 0 bridgehead atoms. The molecule has 176 valence electrons. The smallest absolute Gasteiger partial charge is 0.137 e. The normalized spacial score (nSPS) is 15.1. The van der Waals surface area contributed by atoms with Gasteiger partial charge in [-0.05, 0) is 61.0 Å². The largest absolute Gasteiger partial charge is 0.494 e. The third-order valence-electron chi connectivity index (χ3n) is 6.60. The molecule has 0 spiro atoms. The first-order valence-electron chi connectivity index (χ1n) is 12.1. The fraction of sp³-hybridized carbons (Fsp3) is 0.321. The van der Waals surface area contributed by atoms with E-state index in [1.54, 1.807) is 0 Å². The zero-order chi connectivity index (χ0) is 23.5. The Morgan fingerprint density at radius 3 is 2.32 bits per heavy atom. The number of likely N-dealkylation sites (N-methyl/N-ethyl adjacent to an activating group) is 1. The van der Waals surface area contributed by atoms with E-state index in [1.807, 2.05) is 31.2 Å². The number of pyridine rings is 1. The molecule has 3 heterocycles. The molecular weight excluding hydrogens is 444 g/mol. The molecule has 1 aliphatic heterocycles. The van der Waals surface area contributed by atoms with Crippen LogP contribution in [-0.2, 0) is 6.54 Å². The molecule has 0 aliphatic carbocycles. The van der Waals surface area contributed by atoms with Crippen LogP contribution in [0.25, 0.3) is 28.0 Å². The number of rotatable bonds is 7. The van der Waals surface area contributed by atoms with Gasteiger partial charge in [0, 0.05) is 49.5 Å². The Bertz CT molecular complexity index is 1260. The van der Waals surface area contributed by atoms with Crippen molar-refractivity contribution in [2.24, 2.45) is 0 Å². The van der Waals surface area contributed by atoms with Gasteiger partial charge >= 0.3 is 0 Å². The third-order valence-corrected chi connectivity index (χ3v) is 6.85. The van der Waals surface area contributed by atoms with Gasteiger partial charge in [0.2, 0.25) is 0 Å². The molecule has 1 fully saturated rings. The van der Waals surface area contributed by atoms with Crippen LogP contribution in [0.4, 0.5) is 0 Å². The van der Waals surface area contributed by atoms with Crippen LogP contribution >= 0.6 is 11.6 Å². The van der Waals surface area contributed by atoms with Crippen molar-refractivity contribution in [3.63, 3.8) is 0 Å². The first-order valence-corrected chi connectivity index (χ1v) is 12.5. The number of ether oxygens (including phenoxy) is 1. The second-order valence-electron chi connectivity index (χ2n) is 8.73. The number of aromatic nitrogens is 2. The summed E-state index contributed by atoms with van der Waals surface area (Å²) >= 11 is 6.18. The highest BCUT2D eigenvalue weighted by Crippen LogP contribution is 2.30. The lowest BCUT2D eigenvalue weighted by Crippen LogP contribution is -2.45. The second kappa shape index (κ2) is 10.2. The molecule has 5 nitrogen and oxygen atoms in total. The van der Waals surface area contributed by atoms with Crippen LogP contribution in [-0.4, -0.2) is 58.5 Å². The van der Waals surface area contributed by atoms with Gasteiger partial charge in [0.1, 0.15) is 11.4 Å². The van der Waals surface area contributed by atoms with Gasteiger partial charge in [-0.15, -0.1) is 0 Å². The van der Waals surface area contributed by atoms with E-state index in [9.17, 15) is 0 Å². The highest BCUT2D eigenvalue weighted by Gasteiger charge is 2.21. The van der Waals surface area contributed by atoms with E-state index in [0.29, 0.717) is 6.61 Å². The minimum absolute atomic E-state index is 0.657. The van der Waals surface area contributed by atoms with Gasteiger partial charge in [0.15, 0.2) is 0 Å². The molecule has 2 aromatic heterocycles. The van der Waals surface area contributed by atoms with Crippen molar-refractivity contribution in [3.8, 4) is 28.1 Å². The Morgan fingerprint density at radius 1 is 0.853 bits per heavy atom. The summed E-state index contributed by atoms with van der Waals surface area (Å²) in [6.07, 6.45) is 2.21. The average Bonchev–Trinajstić information content (AvgIpc) is 3.23. The lowest BCUT2D eigenvalue weighted by atomic mass is 10.1. The van der Waals surface area contributed by atoms with E-state index >= 15 is 0 Å². The molecule has 2 aromatic carbocycles. The Balaban J connectivity index is 1.56. The number of nitrogens with zero attached hydrogens (tertiary/aromatic N) is 4. The van der Waals surface area contributed by atoms with Crippen molar-refractivity contribution >= 4 is 17.2 Å². The van der Waals surface area contributed by atoms with E-state index in [-0.39, 0.29) is 0 Å². The number of piperazine rings is 1. The van der Waals surface area contributed by atoms with Crippen LogP contribution in [0.5, 0.6) is 5.75 Å². The number of halogens is 1. The zero-order valence-electron chi connectivity index (χ0n) is 19.9. The van der Waals surface area contributed by atoms with Crippen molar-refractivity contribution in [2.45, 2.75) is 20.4 Å². The van der Waals surface area contributed by atoms with Crippen molar-refractivity contribution < 1.29 is 4.74 Å². The topological polar surface area (TPSA) is 33.0 Å². The zero-order valence-corrected chi connectivity index (χ0v) is 20.6. The molecule has 34 heavy (non-hydrogen) atoms. The van der Waals surface area contributed by atoms with Crippen molar-refractivity contribution in [2.75, 3.05) is 39.3 Å². The summed E-state index contributed by atoms with van der Waals surface area (Å²) in [6, 6.07) is 20.5. The maximum absolute atomic E-state index is 6.18. The molecular formula is C28H31ClN4O. The third kappa shape index (κ3) is 4.83. The van der Waals surface area contributed by atoms with E-state index in [0.717, 1.165) is 78.1 Å². The monoisotopic (exact) mass is 474 g/mol. The second-order valence-corrected chi connectivity index (χ2v) is 9.17. The molecule has 0 atom stereocenters. The number of hydrogen-bond donors (Lipinski definition) is 0. The van der Waals surface area contributed by atoms with Gasteiger partial charge in [-0.3, -0.25) is 4.90 Å². The van der Waals surface area contributed by atoms with Crippen LogP contribution in [0.3, 0.4) is 0 Å². The molecule has 1 saturated heterocycles. The summed E-state index contributed by atoms with van der Waals surface area (Å²) in [4.78, 5) is 10.1. The first-order chi connectivity index (χ1) is 16.6. The van der Waals surface area contributed by atoms with Crippen LogP contribution in [0, 0.1) is 0 Å². The molecule has 0 radical (unpaired) electrons. The van der Waals surface area contributed by atoms with E-state index in [4.69, 9.17) is 21.3 Å². The summed E-state index contributed by atoms with van der Waals surface area (Å²) in [6.45, 7) is 11.2. The fourth-order valence-electron chi connectivity index (χ4n) is 4.66. The van der Waals surface area contributed by atoms with Crippen molar-refractivity contribution in [1.29, 1.82) is 0 Å².